The van der Waals surface area contributed by atoms with Crippen LogP contribution >= 0.6 is 0 Å². The molecule has 4 nitrogen and oxygen atoms in total. The average Bonchev–Trinajstić information content (AvgIpc) is 2.70. The molecule has 0 aromatic heterocycles. The van der Waals surface area contributed by atoms with Gasteiger partial charge in [0.25, 0.3) is 0 Å². The molecule has 38 heavy (non-hydrogen) atoms. The number of alkyl halides is 17. The Hall–Kier alpha value is -1.32. The van der Waals surface area contributed by atoms with Crippen LogP contribution in [-0.2, 0) is 14.9 Å². The van der Waals surface area contributed by atoms with E-state index in [0.29, 0.717) is 12.7 Å². The van der Waals surface area contributed by atoms with Crippen LogP contribution in [0.2, 0.25) is 0 Å². The fraction of sp³-hybridized carbons (Fsp3) is 1.00. The van der Waals surface area contributed by atoms with Crippen LogP contribution in [-0.4, -0.2) is 79.9 Å². The van der Waals surface area contributed by atoms with Crippen molar-refractivity contribution in [3.05, 3.63) is 0 Å². The molecule has 0 N–H and O–H groups in total. The summed E-state index contributed by atoms with van der Waals surface area (Å²) in [5.74, 6) is -56.7. The van der Waals surface area contributed by atoms with E-state index in [1.165, 1.54) is 0 Å². The normalized spacial score (nSPS) is 15.9. The Morgan fingerprint density at radius 3 is 1.32 bits per heavy atom. The molecule has 0 aromatic rings. The zero-order valence-electron chi connectivity index (χ0n) is 18.7. The van der Waals surface area contributed by atoms with E-state index >= 15 is 0 Å². The Bertz CT molecular complexity index is 901. The SMILES string of the molecule is CCCCN(OCCCC(F)(F)C(F)(F)C(F)(F)C(F)(F)C(F)(F)C(F)(F)C(F)(F)C(F)(F)F)S(C)(=O)=O. The average molecular weight is 627 g/mol. The molecule has 0 aliphatic heterocycles. The molecule has 230 valence electrons. The number of rotatable bonds is 15. The molecular weight excluding hydrogens is 609 g/mol. The van der Waals surface area contributed by atoms with Crippen molar-refractivity contribution in [2.45, 2.75) is 80.2 Å². The Labute approximate surface area is 203 Å². The molecule has 0 aliphatic rings. The number of nitrogens with zero attached hydrogens (tertiary/aromatic N) is 1. The predicted molar refractivity (Wildman–Crippen MR) is 92.3 cm³/mol. The first-order valence-corrected chi connectivity index (χ1v) is 11.6. The van der Waals surface area contributed by atoms with Crippen molar-refractivity contribution in [2.75, 3.05) is 19.4 Å². The third kappa shape index (κ3) is 6.20. The van der Waals surface area contributed by atoms with E-state index in [4.69, 9.17) is 0 Å². The third-order valence-corrected chi connectivity index (χ3v) is 5.75. The highest BCUT2D eigenvalue weighted by molar-refractivity contribution is 7.88. The van der Waals surface area contributed by atoms with Crippen LogP contribution in [0.4, 0.5) is 74.6 Å². The number of sulfonamides is 1. The lowest BCUT2D eigenvalue weighted by atomic mass is 9.88. The smallest absolute Gasteiger partial charge is 0.284 e. The van der Waals surface area contributed by atoms with Crippen LogP contribution < -0.4 is 0 Å². The zero-order chi connectivity index (χ0) is 31.0. The van der Waals surface area contributed by atoms with Gasteiger partial charge in [0.05, 0.1) is 12.9 Å². The topological polar surface area (TPSA) is 46.6 Å². The molecule has 0 spiro atoms. The van der Waals surface area contributed by atoms with E-state index in [1.54, 1.807) is 6.92 Å². The van der Waals surface area contributed by atoms with Gasteiger partial charge < -0.3 is 0 Å². The van der Waals surface area contributed by atoms with Crippen molar-refractivity contribution in [1.82, 2.24) is 4.47 Å². The van der Waals surface area contributed by atoms with Gasteiger partial charge in [0, 0.05) is 13.0 Å². The number of hydrogen-bond acceptors (Lipinski definition) is 3. The molecular formula is C16H18F17NO3S. The maximum atomic E-state index is 13.8. The minimum Gasteiger partial charge on any atom is -0.284 e. The minimum absolute atomic E-state index is 0.0921. The molecule has 22 heteroatoms. The van der Waals surface area contributed by atoms with Crippen molar-refractivity contribution in [3.63, 3.8) is 0 Å². The summed E-state index contributed by atoms with van der Waals surface area (Å²) in [4.78, 5) is 4.46. The summed E-state index contributed by atoms with van der Waals surface area (Å²) in [5.41, 5.74) is 0. The van der Waals surface area contributed by atoms with Crippen LogP contribution in [0, 0.1) is 0 Å². The molecule has 0 fully saturated rings. The van der Waals surface area contributed by atoms with Gasteiger partial charge in [-0.2, -0.15) is 74.6 Å². The van der Waals surface area contributed by atoms with Gasteiger partial charge in [-0.05, 0) is 12.8 Å². The van der Waals surface area contributed by atoms with Gasteiger partial charge in [0.15, 0.2) is 0 Å². The maximum Gasteiger partial charge on any atom is 0.460 e. The summed E-state index contributed by atoms with van der Waals surface area (Å²) < 4.78 is 247. The van der Waals surface area contributed by atoms with Crippen LogP contribution in [0.1, 0.15) is 32.6 Å². The van der Waals surface area contributed by atoms with Crippen molar-refractivity contribution in [3.8, 4) is 0 Å². The Balaban J connectivity index is 6.08. The van der Waals surface area contributed by atoms with Crippen molar-refractivity contribution in [1.29, 1.82) is 0 Å². The molecule has 0 amide bonds. The molecule has 0 saturated heterocycles. The molecule has 0 atom stereocenters. The van der Waals surface area contributed by atoms with Crippen molar-refractivity contribution in [2.24, 2.45) is 0 Å². The Morgan fingerprint density at radius 1 is 0.605 bits per heavy atom. The molecule has 0 aromatic carbocycles. The van der Waals surface area contributed by atoms with Crippen LogP contribution in [0.15, 0.2) is 0 Å². The summed E-state index contributed by atoms with van der Waals surface area (Å²) in [5, 5.41) is 0. The van der Waals surface area contributed by atoms with E-state index in [9.17, 15) is 83.1 Å². The van der Waals surface area contributed by atoms with E-state index < -0.39 is 83.7 Å². The minimum atomic E-state index is -8.68. The molecule has 0 radical (unpaired) electrons. The second-order valence-electron chi connectivity index (χ2n) is 7.73. The lowest BCUT2D eigenvalue weighted by Crippen LogP contribution is -2.74. The fourth-order valence-electron chi connectivity index (χ4n) is 2.43. The first-order valence-electron chi connectivity index (χ1n) is 9.73. The van der Waals surface area contributed by atoms with Gasteiger partial charge >= 0.3 is 47.6 Å². The molecule has 0 aliphatic carbocycles. The molecule has 0 unspecified atom stereocenters. The summed E-state index contributed by atoms with van der Waals surface area (Å²) in [6, 6.07) is 0. The molecule has 0 heterocycles. The highest BCUT2D eigenvalue weighted by Gasteiger charge is 2.95. The van der Waals surface area contributed by atoms with Gasteiger partial charge in [-0.1, -0.05) is 17.8 Å². The van der Waals surface area contributed by atoms with E-state index in [2.05, 4.69) is 4.84 Å². The quantitative estimate of drug-likeness (QED) is 0.115. The van der Waals surface area contributed by atoms with Crippen LogP contribution in [0.25, 0.3) is 0 Å². The third-order valence-electron chi connectivity index (χ3n) is 4.72. The van der Waals surface area contributed by atoms with Gasteiger partial charge in [-0.15, -0.1) is 0 Å². The van der Waals surface area contributed by atoms with Gasteiger partial charge in [-0.25, -0.2) is 8.42 Å². The lowest BCUT2D eigenvalue weighted by molar-refractivity contribution is -0.461. The monoisotopic (exact) mass is 627 g/mol. The van der Waals surface area contributed by atoms with E-state index in [-0.39, 0.29) is 10.9 Å². The standard InChI is InChI=1S/C16H18F17NO3S/c1-3-4-7-34(38(2,35)36)37-8-5-6-9(17,18)10(19,20)11(21,22)12(23,24)13(25,26)14(27,28)15(29,30)16(31,32)33/h3-8H2,1-2H3. The summed E-state index contributed by atoms with van der Waals surface area (Å²) in [6.45, 7) is -0.211. The molecule has 0 saturated carbocycles. The second-order valence-corrected chi connectivity index (χ2v) is 9.60. The largest absolute Gasteiger partial charge is 0.460 e. The summed E-state index contributed by atoms with van der Waals surface area (Å²) >= 11 is 0. The first kappa shape index (κ1) is 36.7. The second kappa shape index (κ2) is 10.9. The van der Waals surface area contributed by atoms with Crippen molar-refractivity contribution < 1.29 is 87.9 Å². The number of hydrogen-bond donors (Lipinski definition) is 0. The lowest BCUT2D eigenvalue weighted by Gasteiger charge is -2.42. The number of halogens is 17. The highest BCUT2D eigenvalue weighted by atomic mass is 32.2. The van der Waals surface area contributed by atoms with Gasteiger partial charge in [0.1, 0.15) is 0 Å². The van der Waals surface area contributed by atoms with E-state index in [0.717, 1.165) is 0 Å². The van der Waals surface area contributed by atoms with Crippen LogP contribution in [0.5, 0.6) is 0 Å². The first-order chi connectivity index (χ1) is 16.4. The Morgan fingerprint density at radius 2 is 0.974 bits per heavy atom. The van der Waals surface area contributed by atoms with Crippen molar-refractivity contribution >= 4 is 10.0 Å². The summed E-state index contributed by atoms with van der Waals surface area (Å²) in [7, 11) is -4.22. The number of unbranched alkanes of at least 4 members (excludes halogenated alkanes) is 1. The Kier molecular flexibility index (Phi) is 10.5. The molecule has 0 bridgehead atoms. The highest BCUT2D eigenvalue weighted by Crippen LogP contribution is 2.64. The van der Waals surface area contributed by atoms with Gasteiger partial charge in [-0.3, -0.25) is 4.84 Å². The van der Waals surface area contributed by atoms with Crippen LogP contribution in [0.3, 0.4) is 0 Å². The van der Waals surface area contributed by atoms with E-state index in [1.807, 2.05) is 0 Å². The summed E-state index contributed by atoms with van der Waals surface area (Å²) in [6.07, 6.45) is -11.2. The fourth-order valence-corrected chi connectivity index (χ4v) is 3.15. The zero-order valence-corrected chi connectivity index (χ0v) is 19.6. The maximum absolute atomic E-state index is 13.8. The predicted octanol–water partition coefficient (Wildman–Crippen LogP) is 6.77. The number of hydroxylamine groups is 1. The molecule has 0 rings (SSSR count). The van der Waals surface area contributed by atoms with Gasteiger partial charge in [0.2, 0.25) is 10.0 Å².